The molecule has 1 saturated heterocycles. The maximum Gasteiger partial charge on any atom is 0.251 e. The summed E-state index contributed by atoms with van der Waals surface area (Å²) in [5.41, 5.74) is 1.79. The van der Waals surface area contributed by atoms with E-state index in [0.717, 1.165) is 5.56 Å². The van der Waals surface area contributed by atoms with E-state index in [1.165, 1.54) is 23.2 Å². The number of aliphatic imine (C=N–C) groups is 1. The summed E-state index contributed by atoms with van der Waals surface area (Å²) in [6, 6.07) is 11.5. The van der Waals surface area contributed by atoms with E-state index >= 15 is 0 Å². The molecular weight excluding hydrogens is 374 g/mol. The number of aryl methyl sites for hydroxylation is 1. The summed E-state index contributed by atoms with van der Waals surface area (Å²) in [5, 5.41) is 12.7. The molecule has 26 heavy (non-hydrogen) atoms. The number of amides is 2. The van der Waals surface area contributed by atoms with Crippen LogP contribution in [0, 0.1) is 12.8 Å². The Kier molecular flexibility index (Phi) is 5.01. The topological polar surface area (TPSA) is 82.0 Å². The molecule has 0 bridgehead atoms. The van der Waals surface area contributed by atoms with Gasteiger partial charge >= 0.3 is 0 Å². The molecule has 1 aliphatic heterocycles. The number of phenols is 1. The molecule has 1 atom stereocenters. The van der Waals surface area contributed by atoms with Gasteiger partial charge in [-0.2, -0.15) is 0 Å². The molecule has 132 valence electrons. The van der Waals surface area contributed by atoms with Gasteiger partial charge in [0.1, 0.15) is 11.4 Å². The van der Waals surface area contributed by atoms with E-state index in [9.17, 15) is 14.7 Å². The van der Waals surface area contributed by atoms with Gasteiger partial charge in [0.2, 0.25) is 5.91 Å². The first kappa shape index (κ1) is 18.0. The van der Waals surface area contributed by atoms with Crippen molar-refractivity contribution >= 4 is 58.3 Å². The molecule has 0 aliphatic carbocycles. The number of benzene rings is 2. The number of anilines is 1. The number of carbonyl (C=O) groups is 2. The van der Waals surface area contributed by atoms with E-state index in [1.54, 1.807) is 18.2 Å². The molecule has 0 unspecified atom stereocenters. The second-order valence-electron chi connectivity index (χ2n) is 5.69. The summed E-state index contributed by atoms with van der Waals surface area (Å²) in [4.78, 5) is 30.3. The third-order valence-corrected chi connectivity index (χ3v) is 4.31. The van der Waals surface area contributed by atoms with Crippen LogP contribution < -0.4 is 10.2 Å². The summed E-state index contributed by atoms with van der Waals surface area (Å²) < 4.78 is 0. The zero-order chi connectivity index (χ0) is 18.8. The first-order valence-electron chi connectivity index (χ1n) is 7.65. The Morgan fingerprint density at radius 2 is 1.92 bits per heavy atom. The van der Waals surface area contributed by atoms with Gasteiger partial charge in [0, 0.05) is 17.3 Å². The first-order valence-corrected chi connectivity index (χ1v) is 8.43. The van der Waals surface area contributed by atoms with Crippen LogP contribution in [0.4, 0.5) is 11.4 Å². The van der Waals surface area contributed by atoms with Gasteiger partial charge in [-0.3, -0.25) is 19.5 Å². The predicted octanol–water partition coefficient (Wildman–Crippen LogP) is 3.12. The van der Waals surface area contributed by atoms with Crippen LogP contribution >= 0.6 is 23.8 Å². The highest BCUT2D eigenvalue weighted by Crippen LogP contribution is 2.29. The molecule has 2 aromatic rings. The number of thiocarbonyl (C=S) groups is 1. The van der Waals surface area contributed by atoms with Crippen LogP contribution in [0.3, 0.4) is 0 Å². The summed E-state index contributed by atoms with van der Waals surface area (Å²) in [5.74, 6) is -2.40. The number of phenolic OH excluding ortho intramolecular Hbond substituents is 1. The number of hydrogen-bond donors (Lipinski definition) is 2. The molecule has 2 amide bonds. The van der Waals surface area contributed by atoms with Crippen molar-refractivity contribution < 1.29 is 14.7 Å². The predicted molar refractivity (Wildman–Crippen MR) is 104 cm³/mol. The highest BCUT2D eigenvalue weighted by atomic mass is 35.5. The molecule has 0 radical (unpaired) electrons. The highest BCUT2D eigenvalue weighted by Gasteiger charge is 2.38. The summed E-state index contributed by atoms with van der Waals surface area (Å²) in [6.45, 7) is 1.93. The van der Waals surface area contributed by atoms with Crippen molar-refractivity contribution in [2.75, 3.05) is 4.90 Å². The van der Waals surface area contributed by atoms with Gasteiger partial charge in [-0.25, -0.2) is 0 Å². The monoisotopic (exact) mass is 387 g/mol. The zero-order valence-corrected chi connectivity index (χ0v) is 15.2. The van der Waals surface area contributed by atoms with Crippen LogP contribution in [0.25, 0.3) is 0 Å². The third kappa shape index (κ3) is 3.58. The van der Waals surface area contributed by atoms with Crippen LogP contribution in [0.15, 0.2) is 47.5 Å². The largest absolute Gasteiger partial charge is 0.506 e. The van der Waals surface area contributed by atoms with E-state index in [-0.39, 0.29) is 16.5 Å². The number of rotatable bonds is 3. The van der Waals surface area contributed by atoms with Crippen molar-refractivity contribution in [3.8, 4) is 5.75 Å². The lowest BCUT2D eigenvalue weighted by atomic mass is 10.1. The lowest BCUT2D eigenvalue weighted by Gasteiger charge is -2.30. The maximum atomic E-state index is 12.8. The normalized spacial score (nSPS) is 17.7. The SMILES string of the molecule is Cc1ccc(N2C(=O)[C@H](C=Nc3ccc(Cl)cc3O)C(=O)NC2=S)cc1. The minimum Gasteiger partial charge on any atom is -0.506 e. The number of hydrogen-bond acceptors (Lipinski definition) is 5. The van der Waals surface area contributed by atoms with Crippen molar-refractivity contribution in [2.45, 2.75) is 6.92 Å². The number of nitrogens with zero attached hydrogens (tertiary/aromatic N) is 2. The van der Waals surface area contributed by atoms with Gasteiger partial charge in [0.25, 0.3) is 5.91 Å². The van der Waals surface area contributed by atoms with E-state index < -0.39 is 17.7 Å². The first-order chi connectivity index (χ1) is 12.4. The van der Waals surface area contributed by atoms with E-state index in [4.69, 9.17) is 23.8 Å². The van der Waals surface area contributed by atoms with Gasteiger partial charge in [-0.1, -0.05) is 29.3 Å². The van der Waals surface area contributed by atoms with E-state index in [0.29, 0.717) is 10.7 Å². The highest BCUT2D eigenvalue weighted by molar-refractivity contribution is 7.80. The number of aromatic hydroxyl groups is 1. The molecule has 1 fully saturated rings. The second-order valence-corrected chi connectivity index (χ2v) is 6.52. The average molecular weight is 388 g/mol. The summed E-state index contributed by atoms with van der Waals surface area (Å²) >= 11 is 10.9. The van der Waals surface area contributed by atoms with Crippen LogP contribution in [-0.4, -0.2) is 28.2 Å². The molecule has 0 aromatic heterocycles. The lowest BCUT2D eigenvalue weighted by Crippen LogP contribution is -2.58. The molecule has 8 heteroatoms. The standard InChI is InChI=1S/C18H14ClN3O3S/c1-10-2-5-12(6-3-10)22-17(25)13(16(24)21-18(22)26)9-20-14-7-4-11(19)8-15(14)23/h2-9,13,23H,1H3,(H,21,24,26)/t13-/m1/s1. The number of halogens is 1. The Hall–Kier alpha value is -2.77. The Morgan fingerprint density at radius 1 is 1.23 bits per heavy atom. The van der Waals surface area contributed by atoms with Gasteiger partial charge < -0.3 is 10.4 Å². The Morgan fingerprint density at radius 3 is 2.58 bits per heavy atom. The molecule has 2 N–H and O–H groups in total. The Labute approximate surface area is 160 Å². The van der Waals surface area contributed by atoms with Crippen molar-refractivity contribution in [3.05, 3.63) is 53.1 Å². The molecule has 1 heterocycles. The molecule has 6 nitrogen and oxygen atoms in total. The molecule has 1 aliphatic rings. The molecular formula is C18H14ClN3O3S. The molecule has 3 rings (SSSR count). The number of nitrogens with one attached hydrogen (secondary N) is 1. The van der Waals surface area contributed by atoms with Crippen molar-refractivity contribution in [3.63, 3.8) is 0 Å². The minimum atomic E-state index is -1.17. The van der Waals surface area contributed by atoms with Crippen LogP contribution in [-0.2, 0) is 9.59 Å². The van der Waals surface area contributed by atoms with Crippen LogP contribution in [0.1, 0.15) is 5.56 Å². The fourth-order valence-corrected chi connectivity index (χ4v) is 2.88. The van der Waals surface area contributed by atoms with Gasteiger partial charge in [-0.15, -0.1) is 0 Å². The van der Waals surface area contributed by atoms with E-state index in [1.807, 2.05) is 19.1 Å². The summed E-state index contributed by atoms with van der Waals surface area (Å²) in [6.07, 6.45) is 1.18. The van der Waals surface area contributed by atoms with Crippen molar-refractivity contribution in [1.82, 2.24) is 5.32 Å². The fraction of sp³-hybridized carbons (Fsp3) is 0.111. The Bertz CT molecular complexity index is 928. The minimum absolute atomic E-state index is 0.0165. The quantitative estimate of drug-likeness (QED) is 0.481. The zero-order valence-electron chi connectivity index (χ0n) is 13.6. The Balaban J connectivity index is 1.90. The van der Waals surface area contributed by atoms with Crippen molar-refractivity contribution in [1.29, 1.82) is 0 Å². The average Bonchev–Trinajstić information content (AvgIpc) is 2.57. The molecule has 0 spiro atoms. The molecule has 2 aromatic carbocycles. The smallest absolute Gasteiger partial charge is 0.251 e. The second kappa shape index (κ2) is 7.23. The lowest BCUT2D eigenvalue weighted by molar-refractivity contribution is -0.130. The molecule has 0 saturated carbocycles. The van der Waals surface area contributed by atoms with Crippen molar-refractivity contribution in [2.24, 2.45) is 10.9 Å². The fourth-order valence-electron chi connectivity index (χ4n) is 2.42. The maximum absolute atomic E-state index is 12.8. The number of carbonyl (C=O) groups excluding carboxylic acids is 2. The van der Waals surface area contributed by atoms with E-state index in [2.05, 4.69) is 10.3 Å². The van der Waals surface area contributed by atoms with Gasteiger partial charge in [-0.05, 0) is 43.4 Å². The third-order valence-electron chi connectivity index (χ3n) is 3.79. The van der Waals surface area contributed by atoms with Crippen LogP contribution in [0.2, 0.25) is 5.02 Å². The van der Waals surface area contributed by atoms with Gasteiger partial charge in [0.05, 0.1) is 5.69 Å². The van der Waals surface area contributed by atoms with Crippen LogP contribution in [0.5, 0.6) is 5.75 Å². The summed E-state index contributed by atoms with van der Waals surface area (Å²) in [7, 11) is 0. The van der Waals surface area contributed by atoms with Gasteiger partial charge in [0.15, 0.2) is 11.0 Å².